The van der Waals surface area contributed by atoms with E-state index < -0.39 is 23.4 Å². The molecule has 10 heteroatoms. The van der Waals surface area contributed by atoms with Gasteiger partial charge < -0.3 is 14.2 Å². The summed E-state index contributed by atoms with van der Waals surface area (Å²) in [5.74, 6) is 0.322. The van der Waals surface area contributed by atoms with Crippen molar-refractivity contribution in [3.63, 3.8) is 0 Å². The molecule has 0 saturated carbocycles. The van der Waals surface area contributed by atoms with Crippen molar-refractivity contribution in [1.82, 2.24) is 19.5 Å². The first-order valence-electron chi connectivity index (χ1n) is 9.12. The molecule has 0 amide bonds. The molecular weight excluding hydrogens is 400 g/mol. The minimum absolute atomic E-state index is 0.0813. The maximum absolute atomic E-state index is 13.8. The number of fused-ring (bicyclic) bond motifs is 1. The number of halogens is 2. The molecule has 0 aliphatic carbocycles. The van der Waals surface area contributed by atoms with Gasteiger partial charge in [0.25, 0.3) is 6.43 Å². The van der Waals surface area contributed by atoms with Crippen molar-refractivity contribution in [2.75, 3.05) is 30.9 Å². The monoisotopic (exact) mass is 421 g/mol. The molecule has 1 aliphatic heterocycles. The normalized spacial score (nSPS) is 17.8. The molecule has 1 atom stereocenters. The first-order chi connectivity index (χ1) is 13.8. The third kappa shape index (κ3) is 3.67. The van der Waals surface area contributed by atoms with Crippen LogP contribution in [-0.2, 0) is 15.9 Å². The number of rotatable bonds is 4. The van der Waals surface area contributed by atoms with Gasteiger partial charge in [-0.3, -0.25) is 4.57 Å². The smallest absolute Gasteiger partial charge is 0.346 e. The minimum atomic E-state index is -2.80. The largest absolute Gasteiger partial charge is 0.609 e. The van der Waals surface area contributed by atoms with Crippen molar-refractivity contribution >= 4 is 28.0 Å². The number of anilines is 1. The lowest BCUT2D eigenvalue weighted by Gasteiger charge is -2.42. The number of ether oxygens (including phenoxy) is 1. The summed E-state index contributed by atoms with van der Waals surface area (Å²) < 4.78 is 46.6. The first-order valence-corrected chi connectivity index (χ1v) is 10.7. The van der Waals surface area contributed by atoms with Crippen molar-refractivity contribution in [2.24, 2.45) is 0 Å². The van der Waals surface area contributed by atoms with Gasteiger partial charge in [0.1, 0.15) is 17.9 Å². The summed E-state index contributed by atoms with van der Waals surface area (Å²) in [6.45, 7) is 5.60. The molecule has 0 radical (unpaired) electrons. The van der Waals surface area contributed by atoms with Crippen LogP contribution in [0, 0.1) is 0 Å². The van der Waals surface area contributed by atoms with Crippen LogP contribution < -0.4 is 4.90 Å². The zero-order valence-electron chi connectivity index (χ0n) is 16.3. The maximum atomic E-state index is 13.8. The molecule has 0 spiro atoms. The predicted molar refractivity (Wildman–Crippen MR) is 106 cm³/mol. The van der Waals surface area contributed by atoms with E-state index in [0.717, 1.165) is 0 Å². The SMILES string of the molecule is C[S+]([O-])c1nc(N2CCOCC2(C)C)cc(-n2c(C(F)F)nc3ccccc32)n1. The van der Waals surface area contributed by atoms with E-state index in [0.29, 0.717) is 36.6 Å². The number of benzene rings is 1. The number of para-hydroxylation sites is 2. The van der Waals surface area contributed by atoms with Gasteiger partial charge in [0.15, 0.2) is 5.82 Å². The third-order valence-electron chi connectivity index (χ3n) is 4.87. The molecular formula is C19H21F2N5O2S. The van der Waals surface area contributed by atoms with Crippen LogP contribution >= 0.6 is 0 Å². The van der Waals surface area contributed by atoms with E-state index in [-0.39, 0.29) is 16.5 Å². The molecule has 29 heavy (non-hydrogen) atoms. The number of alkyl halides is 2. The molecule has 4 rings (SSSR count). The highest BCUT2D eigenvalue weighted by molar-refractivity contribution is 7.90. The van der Waals surface area contributed by atoms with Crippen molar-refractivity contribution in [3.8, 4) is 5.82 Å². The number of hydrogen-bond acceptors (Lipinski definition) is 6. The van der Waals surface area contributed by atoms with Crippen molar-refractivity contribution in [2.45, 2.75) is 31.0 Å². The summed E-state index contributed by atoms with van der Waals surface area (Å²) in [5, 5.41) is 0.0813. The van der Waals surface area contributed by atoms with E-state index in [1.807, 2.05) is 18.7 Å². The van der Waals surface area contributed by atoms with Crippen LogP contribution in [0.3, 0.4) is 0 Å². The lowest BCUT2D eigenvalue weighted by Crippen LogP contribution is -2.53. The maximum Gasteiger partial charge on any atom is 0.346 e. The topological polar surface area (TPSA) is 79.1 Å². The Morgan fingerprint density at radius 2 is 1.90 bits per heavy atom. The fraction of sp³-hybridized carbons (Fsp3) is 0.421. The van der Waals surface area contributed by atoms with Gasteiger partial charge in [-0.15, -0.1) is 0 Å². The van der Waals surface area contributed by atoms with Gasteiger partial charge in [0.05, 0.1) is 29.8 Å². The third-order valence-corrected chi connectivity index (χ3v) is 5.57. The van der Waals surface area contributed by atoms with Crippen LogP contribution in [0.25, 0.3) is 16.9 Å². The molecule has 1 unspecified atom stereocenters. The van der Waals surface area contributed by atoms with Gasteiger partial charge >= 0.3 is 5.16 Å². The number of morpholine rings is 1. The van der Waals surface area contributed by atoms with Crippen LogP contribution in [0.1, 0.15) is 26.1 Å². The van der Waals surface area contributed by atoms with Crippen molar-refractivity contribution < 1.29 is 18.1 Å². The molecule has 1 fully saturated rings. The van der Waals surface area contributed by atoms with E-state index >= 15 is 0 Å². The molecule has 3 aromatic rings. The zero-order valence-corrected chi connectivity index (χ0v) is 17.1. The predicted octanol–water partition coefficient (Wildman–Crippen LogP) is 3.11. The van der Waals surface area contributed by atoms with Gasteiger partial charge in [-0.2, -0.15) is 9.97 Å². The van der Waals surface area contributed by atoms with Gasteiger partial charge in [-0.25, -0.2) is 13.8 Å². The summed E-state index contributed by atoms with van der Waals surface area (Å²) in [7, 11) is 0. The molecule has 1 aromatic carbocycles. The van der Waals surface area contributed by atoms with E-state index in [4.69, 9.17) is 4.74 Å². The number of nitrogens with zero attached hydrogens (tertiary/aromatic N) is 5. The fourth-order valence-corrected chi connectivity index (χ4v) is 3.94. The Bertz CT molecular complexity index is 1040. The Morgan fingerprint density at radius 1 is 1.17 bits per heavy atom. The number of hydrogen-bond donors (Lipinski definition) is 0. The lowest BCUT2D eigenvalue weighted by molar-refractivity contribution is 0.0638. The molecule has 0 N–H and O–H groups in total. The molecule has 2 aromatic heterocycles. The van der Waals surface area contributed by atoms with E-state index in [1.165, 1.54) is 10.8 Å². The highest BCUT2D eigenvalue weighted by atomic mass is 32.2. The van der Waals surface area contributed by atoms with Gasteiger partial charge in [-0.1, -0.05) is 12.1 Å². The molecule has 7 nitrogen and oxygen atoms in total. The standard InChI is InChI=1S/C19H21F2N5O2S/c1-19(2)11-28-9-8-25(19)14-10-15(24-18(23-14)29(3)27)26-13-7-5-4-6-12(13)22-17(26)16(20)21/h4-7,10,16H,8-9,11H2,1-3H3. The average Bonchev–Trinajstić information content (AvgIpc) is 3.07. The Labute approximate surface area is 169 Å². The second-order valence-corrected chi connectivity index (χ2v) is 8.71. The second-order valence-electron chi connectivity index (χ2n) is 7.43. The van der Waals surface area contributed by atoms with E-state index in [1.54, 1.807) is 30.3 Å². The summed E-state index contributed by atoms with van der Waals surface area (Å²) >= 11 is -1.49. The van der Waals surface area contributed by atoms with Crippen LogP contribution in [0.5, 0.6) is 0 Å². The van der Waals surface area contributed by atoms with Crippen LogP contribution in [0.4, 0.5) is 14.6 Å². The molecule has 0 bridgehead atoms. The van der Waals surface area contributed by atoms with Crippen LogP contribution in [-0.4, -0.2) is 55.6 Å². The molecule has 3 heterocycles. The quantitative estimate of drug-likeness (QED) is 0.476. The number of imidazole rings is 1. The highest BCUT2D eigenvalue weighted by Crippen LogP contribution is 2.31. The van der Waals surface area contributed by atoms with Crippen molar-refractivity contribution in [3.05, 3.63) is 36.2 Å². The Morgan fingerprint density at radius 3 is 2.59 bits per heavy atom. The Balaban J connectivity index is 1.94. The molecule has 1 saturated heterocycles. The molecule has 1 aliphatic rings. The fourth-order valence-electron chi connectivity index (χ4n) is 3.50. The zero-order chi connectivity index (χ0) is 20.8. The van der Waals surface area contributed by atoms with Crippen LogP contribution in [0.2, 0.25) is 0 Å². The van der Waals surface area contributed by atoms with Gasteiger partial charge in [0, 0.05) is 23.8 Å². The summed E-state index contributed by atoms with van der Waals surface area (Å²) in [4.78, 5) is 14.9. The van der Waals surface area contributed by atoms with Crippen molar-refractivity contribution in [1.29, 1.82) is 0 Å². The summed E-state index contributed by atoms with van der Waals surface area (Å²) in [6, 6.07) is 8.51. The molecule has 154 valence electrons. The average molecular weight is 421 g/mol. The van der Waals surface area contributed by atoms with Crippen LogP contribution in [0.15, 0.2) is 35.5 Å². The van der Waals surface area contributed by atoms with E-state index in [2.05, 4.69) is 15.0 Å². The van der Waals surface area contributed by atoms with Gasteiger partial charge in [-0.05, 0) is 26.0 Å². The summed E-state index contributed by atoms with van der Waals surface area (Å²) in [6.07, 6.45) is -1.33. The first kappa shape index (κ1) is 20.0. The Kier molecular flexibility index (Phi) is 5.18. The second kappa shape index (κ2) is 7.51. The van der Waals surface area contributed by atoms with E-state index in [9.17, 15) is 13.3 Å². The Hall–Kier alpha value is -2.30. The number of aromatic nitrogens is 4. The summed E-state index contributed by atoms with van der Waals surface area (Å²) in [5.41, 5.74) is 0.578. The van der Waals surface area contributed by atoms with Gasteiger partial charge in [0.2, 0.25) is 0 Å². The lowest BCUT2D eigenvalue weighted by atomic mass is 10.0. The highest BCUT2D eigenvalue weighted by Gasteiger charge is 2.33. The minimum Gasteiger partial charge on any atom is -0.609 e.